The number of nitrogens with one attached hydrogen (secondary N) is 1. The molecule has 1 saturated heterocycles. The van der Waals surface area contributed by atoms with Crippen molar-refractivity contribution < 1.29 is 14.7 Å². The van der Waals surface area contributed by atoms with Crippen LogP contribution in [0.15, 0.2) is 0 Å². The molecule has 1 heterocycles. The summed E-state index contributed by atoms with van der Waals surface area (Å²) in [5, 5.41) is 11.2. The second-order valence-corrected chi connectivity index (χ2v) is 2.70. The van der Waals surface area contributed by atoms with E-state index in [1.54, 1.807) is 0 Å². The van der Waals surface area contributed by atoms with Crippen LogP contribution in [0.4, 0.5) is 0 Å². The van der Waals surface area contributed by atoms with E-state index in [2.05, 4.69) is 5.32 Å². The summed E-state index contributed by atoms with van der Waals surface area (Å²) in [6, 6.07) is 0. The molecule has 1 fully saturated rings. The fourth-order valence-electron chi connectivity index (χ4n) is 1.40. The molecule has 2 unspecified atom stereocenters. The van der Waals surface area contributed by atoms with E-state index in [1.165, 1.54) is 0 Å². The molecular formula is C7H11NO3. The Morgan fingerprint density at radius 3 is 2.82 bits per heavy atom. The Hall–Kier alpha value is -1.06. The first kappa shape index (κ1) is 8.04. The Morgan fingerprint density at radius 2 is 2.45 bits per heavy atom. The van der Waals surface area contributed by atoms with E-state index < -0.39 is 11.9 Å². The van der Waals surface area contributed by atoms with Gasteiger partial charge in [0.15, 0.2) is 0 Å². The Labute approximate surface area is 64.6 Å². The van der Waals surface area contributed by atoms with Crippen LogP contribution in [0, 0.1) is 11.8 Å². The zero-order chi connectivity index (χ0) is 8.43. The van der Waals surface area contributed by atoms with Crippen LogP contribution in [0.5, 0.6) is 0 Å². The molecule has 1 rings (SSSR count). The quantitative estimate of drug-likeness (QED) is 0.585. The molecule has 4 nitrogen and oxygen atoms in total. The highest BCUT2D eigenvalue weighted by Crippen LogP contribution is 2.20. The topological polar surface area (TPSA) is 66.4 Å². The summed E-state index contributed by atoms with van der Waals surface area (Å²) in [6.07, 6.45) is 0.600. The van der Waals surface area contributed by atoms with Crippen LogP contribution in [0.1, 0.15) is 13.3 Å². The molecule has 0 aromatic rings. The van der Waals surface area contributed by atoms with E-state index >= 15 is 0 Å². The first-order valence-corrected chi connectivity index (χ1v) is 3.67. The third-order valence-electron chi connectivity index (χ3n) is 2.08. The van der Waals surface area contributed by atoms with E-state index in [0.717, 1.165) is 0 Å². The summed E-state index contributed by atoms with van der Waals surface area (Å²) in [5.74, 6) is -1.85. The zero-order valence-electron chi connectivity index (χ0n) is 6.33. The molecule has 0 aliphatic carbocycles. The van der Waals surface area contributed by atoms with E-state index in [0.29, 0.717) is 6.42 Å². The number of carbonyl (C=O) groups is 2. The van der Waals surface area contributed by atoms with Crippen LogP contribution < -0.4 is 5.32 Å². The molecular weight excluding hydrogens is 146 g/mol. The van der Waals surface area contributed by atoms with Crippen LogP contribution in [0.25, 0.3) is 0 Å². The predicted molar refractivity (Wildman–Crippen MR) is 37.9 cm³/mol. The van der Waals surface area contributed by atoms with Crippen LogP contribution in [-0.2, 0) is 9.59 Å². The molecule has 0 bridgehead atoms. The lowest BCUT2D eigenvalue weighted by molar-refractivity contribution is -0.143. The molecule has 62 valence electrons. The molecule has 2 atom stereocenters. The number of carboxylic acids is 1. The maximum absolute atomic E-state index is 10.9. The number of carboxylic acid groups (broad SMARTS) is 1. The van der Waals surface area contributed by atoms with E-state index in [-0.39, 0.29) is 18.4 Å². The Morgan fingerprint density at radius 1 is 1.82 bits per heavy atom. The van der Waals surface area contributed by atoms with Gasteiger partial charge in [0.25, 0.3) is 0 Å². The first-order chi connectivity index (χ1) is 5.16. The lowest BCUT2D eigenvalue weighted by atomic mass is 9.93. The second kappa shape index (κ2) is 2.90. The summed E-state index contributed by atoms with van der Waals surface area (Å²) in [7, 11) is 0. The standard InChI is InChI=1S/C7H11NO3/c1-2-4-5(7(10)11)3-8-6(4)9/h4-5H,2-3H2,1H3,(H,8,9)(H,10,11). The van der Waals surface area contributed by atoms with Gasteiger partial charge in [-0.05, 0) is 6.42 Å². The van der Waals surface area contributed by atoms with Crippen molar-refractivity contribution in [2.75, 3.05) is 6.54 Å². The minimum atomic E-state index is -0.879. The highest BCUT2D eigenvalue weighted by Gasteiger charge is 2.37. The third kappa shape index (κ3) is 1.34. The number of hydrogen-bond donors (Lipinski definition) is 2. The van der Waals surface area contributed by atoms with Crippen molar-refractivity contribution in [2.45, 2.75) is 13.3 Å². The van der Waals surface area contributed by atoms with Crippen LogP contribution in [0.2, 0.25) is 0 Å². The van der Waals surface area contributed by atoms with Crippen molar-refractivity contribution in [3.8, 4) is 0 Å². The second-order valence-electron chi connectivity index (χ2n) is 2.70. The molecule has 1 amide bonds. The van der Waals surface area contributed by atoms with Gasteiger partial charge in [0.2, 0.25) is 5.91 Å². The first-order valence-electron chi connectivity index (χ1n) is 3.67. The molecule has 11 heavy (non-hydrogen) atoms. The lowest BCUT2D eigenvalue weighted by Gasteiger charge is -2.08. The number of aliphatic carboxylic acids is 1. The largest absolute Gasteiger partial charge is 0.481 e. The van der Waals surface area contributed by atoms with E-state index in [4.69, 9.17) is 5.11 Å². The molecule has 1 aliphatic rings. The summed E-state index contributed by atoms with van der Waals surface area (Å²) >= 11 is 0. The van der Waals surface area contributed by atoms with Crippen molar-refractivity contribution in [1.82, 2.24) is 5.32 Å². The van der Waals surface area contributed by atoms with Crippen LogP contribution in [-0.4, -0.2) is 23.5 Å². The monoisotopic (exact) mass is 157 g/mol. The number of carbonyl (C=O) groups excluding carboxylic acids is 1. The van der Waals surface area contributed by atoms with Crippen molar-refractivity contribution in [3.05, 3.63) is 0 Å². The average Bonchev–Trinajstić information content (AvgIpc) is 2.30. The Balaban J connectivity index is 2.68. The minimum Gasteiger partial charge on any atom is -0.481 e. The average molecular weight is 157 g/mol. The SMILES string of the molecule is CCC1C(=O)NCC1C(=O)O. The van der Waals surface area contributed by atoms with E-state index in [1.807, 2.05) is 6.92 Å². The van der Waals surface area contributed by atoms with Crippen molar-refractivity contribution in [1.29, 1.82) is 0 Å². The van der Waals surface area contributed by atoms with Gasteiger partial charge in [0.1, 0.15) is 0 Å². The highest BCUT2D eigenvalue weighted by atomic mass is 16.4. The molecule has 0 spiro atoms. The van der Waals surface area contributed by atoms with Gasteiger partial charge >= 0.3 is 5.97 Å². The summed E-state index contributed by atoms with van der Waals surface area (Å²) < 4.78 is 0. The summed E-state index contributed by atoms with van der Waals surface area (Å²) in [5.41, 5.74) is 0. The number of rotatable bonds is 2. The zero-order valence-corrected chi connectivity index (χ0v) is 6.33. The Kier molecular flexibility index (Phi) is 2.12. The maximum atomic E-state index is 10.9. The third-order valence-corrected chi connectivity index (χ3v) is 2.08. The fraction of sp³-hybridized carbons (Fsp3) is 0.714. The van der Waals surface area contributed by atoms with Gasteiger partial charge in [-0.25, -0.2) is 0 Å². The van der Waals surface area contributed by atoms with Gasteiger partial charge in [-0.3, -0.25) is 9.59 Å². The summed E-state index contributed by atoms with van der Waals surface area (Å²) in [4.78, 5) is 21.5. The van der Waals surface area contributed by atoms with Gasteiger partial charge in [-0.15, -0.1) is 0 Å². The normalized spacial score (nSPS) is 30.1. The van der Waals surface area contributed by atoms with Gasteiger partial charge in [0, 0.05) is 6.54 Å². The van der Waals surface area contributed by atoms with E-state index in [9.17, 15) is 9.59 Å². The molecule has 0 aromatic heterocycles. The minimum absolute atomic E-state index is 0.125. The fourth-order valence-corrected chi connectivity index (χ4v) is 1.40. The number of amides is 1. The van der Waals surface area contributed by atoms with Crippen molar-refractivity contribution >= 4 is 11.9 Å². The molecule has 0 saturated carbocycles. The van der Waals surface area contributed by atoms with Crippen molar-refractivity contribution in [2.24, 2.45) is 11.8 Å². The molecule has 2 N–H and O–H groups in total. The van der Waals surface area contributed by atoms with Crippen LogP contribution >= 0.6 is 0 Å². The summed E-state index contributed by atoms with van der Waals surface area (Å²) in [6.45, 7) is 2.11. The smallest absolute Gasteiger partial charge is 0.309 e. The predicted octanol–water partition coefficient (Wildman–Crippen LogP) is -0.157. The van der Waals surface area contributed by atoms with Gasteiger partial charge < -0.3 is 10.4 Å². The Bertz CT molecular complexity index is 190. The molecule has 4 heteroatoms. The van der Waals surface area contributed by atoms with Crippen LogP contribution in [0.3, 0.4) is 0 Å². The van der Waals surface area contributed by atoms with Gasteiger partial charge in [0.05, 0.1) is 11.8 Å². The molecule has 1 aliphatic heterocycles. The van der Waals surface area contributed by atoms with Gasteiger partial charge in [-0.2, -0.15) is 0 Å². The molecule has 0 aromatic carbocycles. The van der Waals surface area contributed by atoms with Crippen molar-refractivity contribution in [3.63, 3.8) is 0 Å². The highest BCUT2D eigenvalue weighted by molar-refractivity contribution is 5.88. The number of hydrogen-bond acceptors (Lipinski definition) is 2. The lowest BCUT2D eigenvalue weighted by Crippen LogP contribution is -2.23. The maximum Gasteiger partial charge on any atom is 0.309 e. The van der Waals surface area contributed by atoms with Gasteiger partial charge in [-0.1, -0.05) is 6.92 Å². The molecule has 0 radical (unpaired) electrons.